The number of ether oxygens (including phenoxy) is 3. The largest absolute Gasteiger partial charge is 0.497 e. The smallest absolute Gasteiger partial charge is 0.266 e. The van der Waals surface area contributed by atoms with Crippen molar-refractivity contribution in [3.05, 3.63) is 30.3 Å². The second-order valence-corrected chi connectivity index (χ2v) is 7.15. The quantitative estimate of drug-likeness (QED) is 0.796. The van der Waals surface area contributed by atoms with Crippen molar-refractivity contribution < 1.29 is 22.6 Å². The zero-order valence-corrected chi connectivity index (χ0v) is 15.3. The van der Waals surface area contributed by atoms with Crippen LogP contribution in [0.4, 0.5) is 11.6 Å². The van der Waals surface area contributed by atoms with Crippen molar-refractivity contribution in [3.8, 4) is 11.5 Å². The molecule has 0 saturated carbocycles. The van der Waals surface area contributed by atoms with E-state index >= 15 is 0 Å². The molecule has 1 fully saturated rings. The van der Waals surface area contributed by atoms with Crippen LogP contribution in [0.3, 0.4) is 0 Å². The van der Waals surface area contributed by atoms with E-state index in [0.29, 0.717) is 24.8 Å². The maximum atomic E-state index is 12.7. The van der Waals surface area contributed by atoms with Crippen LogP contribution in [-0.4, -0.2) is 59.1 Å². The Hall–Kier alpha value is -2.59. The molecule has 140 valence electrons. The Kier molecular flexibility index (Phi) is 5.43. The van der Waals surface area contributed by atoms with Crippen molar-refractivity contribution in [3.63, 3.8) is 0 Å². The number of hydrogen-bond donors (Lipinski definition) is 1. The van der Waals surface area contributed by atoms with Gasteiger partial charge in [0.25, 0.3) is 10.0 Å². The molecule has 2 aromatic rings. The normalized spacial score (nSPS) is 14.8. The Morgan fingerprint density at radius 1 is 1.08 bits per heavy atom. The summed E-state index contributed by atoms with van der Waals surface area (Å²) in [4.78, 5) is 1.98. The van der Waals surface area contributed by atoms with Gasteiger partial charge < -0.3 is 19.1 Å². The predicted octanol–water partition coefficient (Wildman–Crippen LogP) is 1.13. The van der Waals surface area contributed by atoms with Crippen LogP contribution in [0, 0.1) is 0 Å². The minimum Gasteiger partial charge on any atom is -0.497 e. The number of hydrogen-bond acceptors (Lipinski definition) is 8. The molecule has 1 aromatic carbocycles. The summed E-state index contributed by atoms with van der Waals surface area (Å²) < 4.78 is 43.3. The van der Waals surface area contributed by atoms with Gasteiger partial charge in [-0.05, 0) is 24.3 Å². The third-order valence-corrected chi connectivity index (χ3v) is 5.26. The molecule has 1 aliphatic rings. The third-order valence-electron chi connectivity index (χ3n) is 3.88. The fraction of sp³-hybridized carbons (Fsp3) is 0.375. The summed E-state index contributed by atoms with van der Waals surface area (Å²) in [5.74, 6) is 1.40. The molecule has 1 aliphatic heterocycles. The van der Waals surface area contributed by atoms with Crippen LogP contribution in [0.25, 0.3) is 0 Å². The number of aromatic nitrogens is 2. The third kappa shape index (κ3) is 3.97. The van der Waals surface area contributed by atoms with E-state index in [2.05, 4.69) is 14.9 Å². The first-order valence-corrected chi connectivity index (χ1v) is 9.43. The van der Waals surface area contributed by atoms with Crippen molar-refractivity contribution in [2.24, 2.45) is 0 Å². The van der Waals surface area contributed by atoms with E-state index in [9.17, 15) is 8.42 Å². The van der Waals surface area contributed by atoms with Gasteiger partial charge >= 0.3 is 0 Å². The summed E-state index contributed by atoms with van der Waals surface area (Å²) in [5.41, 5.74) is 0. The molecule has 1 N–H and O–H groups in total. The van der Waals surface area contributed by atoms with Crippen LogP contribution in [0.1, 0.15) is 0 Å². The first kappa shape index (κ1) is 18.2. The van der Waals surface area contributed by atoms with E-state index < -0.39 is 10.0 Å². The van der Waals surface area contributed by atoms with Gasteiger partial charge in [-0.2, -0.15) is 0 Å². The Balaban J connectivity index is 1.81. The Bertz CT molecular complexity index is 851. The molecular formula is C16H20N4O5S. The maximum absolute atomic E-state index is 12.7. The topological polar surface area (TPSA) is 103 Å². The van der Waals surface area contributed by atoms with Crippen LogP contribution in [-0.2, 0) is 14.8 Å². The molecule has 1 aromatic heterocycles. The average Bonchev–Trinajstić information content (AvgIpc) is 2.68. The molecule has 0 bridgehead atoms. The molecule has 9 nitrogen and oxygen atoms in total. The molecule has 3 rings (SSSR count). The number of morpholine rings is 1. The zero-order valence-electron chi connectivity index (χ0n) is 14.5. The highest BCUT2D eigenvalue weighted by molar-refractivity contribution is 7.92. The summed E-state index contributed by atoms with van der Waals surface area (Å²) in [6, 6.07) is 7.83. The lowest BCUT2D eigenvalue weighted by molar-refractivity contribution is 0.122. The molecule has 0 spiro atoms. The van der Waals surface area contributed by atoms with Gasteiger partial charge in [-0.3, -0.25) is 4.72 Å². The number of methoxy groups -OCH3 is 2. The number of nitrogens with zero attached hydrogens (tertiary/aromatic N) is 3. The molecule has 0 amide bonds. The van der Waals surface area contributed by atoms with Gasteiger partial charge in [0.05, 0.1) is 27.4 Å². The highest BCUT2D eigenvalue weighted by Crippen LogP contribution is 2.29. The molecule has 0 unspecified atom stereocenters. The van der Waals surface area contributed by atoms with Crippen molar-refractivity contribution in [1.82, 2.24) is 10.2 Å². The lowest BCUT2D eigenvalue weighted by Crippen LogP contribution is -2.36. The van der Waals surface area contributed by atoms with E-state index in [1.807, 2.05) is 4.90 Å². The second kappa shape index (κ2) is 7.75. The summed E-state index contributed by atoms with van der Waals surface area (Å²) in [6.45, 7) is 2.71. The molecule has 10 heteroatoms. The number of anilines is 2. The predicted molar refractivity (Wildman–Crippen MR) is 95.4 cm³/mol. The fourth-order valence-corrected chi connectivity index (χ4v) is 3.71. The van der Waals surface area contributed by atoms with Gasteiger partial charge in [0.2, 0.25) is 0 Å². The summed E-state index contributed by atoms with van der Waals surface area (Å²) in [6.07, 6.45) is 0. The van der Waals surface area contributed by atoms with E-state index in [1.165, 1.54) is 26.4 Å². The van der Waals surface area contributed by atoms with Gasteiger partial charge in [0.15, 0.2) is 11.6 Å². The summed E-state index contributed by atoms with van der Waals surface area (Å²) in [5, 5.41) is 8.06. The van der Waals surface area contributed by atoms with Crippen LogP contribution >= 0.6 is 0 Å². The first-order valence-electron chi connectivity index (χ1n) is 7.95. The van der Waals surface area contributed by atoms with E-state index in [1.54, 1.807) is 18.2 Å². The second-order valence-electron chi connectivity index (χ2n) is 5.50. The van der Waals surface area contributed by atoms with Gasteiger partial charge in [0, 0.05) is 19.2 Å². The van der Waals surface area contributed by atoms with Gasteiger partial charge in [-0.25, -0.2) is 8.42 Å². The fourth-order valence-electron chi connectivity index (χ4n) is 2.53. The number of nitrogens with one attached hydrogen (secondary N) is 1. The van der Waals surface area contributed by atoms with Crippen LogP contribution in [0.15, 0.2) is 35.2 Å². The zero-order chi connectivity index (χ0) is 18.6. The first-order chi connectivity index (χ1) is 12.5. The average molecular weight is 380 g/mol. The molecule has 1 saturated heterocycles. The van der Waals surface area contributed by atoms with Gasteiger partial charge in [-0.1, -0.05) is 0 Å². The Morgan fingerprint density at radius 2 is 1.85 bits per heavy atom. The summed E-state index contributed by atoms with van der Waals surface area (Å²) >= 11 is 0. The lowest BCUT2D eigenvalue weighted by atomic mass is 10.3. The van der Waals surface area contributed by atoms with E-state index in [-0.39, 0.29) is 16.5 Å². The molecule has 26 heavy (non-hydrogen) atoms. The van der Waals surface area contributed by atoms with Crippen molar-refractivity contribution in [2.75, 3.05) is 50.1 Å². The van der Waals surface area contributed by atoms with Crippen molar-refractivity contribution >= 4 is 21.7 Å². The van der Waals surface area contributed by atoms with Gasteiger partial charge in [-0.15, -0.1) is 10.2 Å². The molecular weight excluding hydrogens is 360 g/mol. The minimum absolute atomic E-state index is 0.0431. The number of benzene rings is 1. The van der Waals surface area contributed by atoms with Crippen LogP contribution in [0.5, 0.6) is 11.5 Å². The maximum Gasteiger partial charge on any atom is 0.266 e. The minimum atomic E-state index is -3.92. The number of sulfonamides is 1. The highest BCUT2D eigenvalue weighted by atomic mass is 32.2. The monoisotopic (exact) mass is 380 g/mol. The summed E-state index contributed by atoms with van der Waals surface area (Å²) in [7, 11) is -1.06. The Morgan fingerprint density at radius 3 is 2.46 bits per heavy atom. The van der Waals surface area contributed by atoms with Gasteiger partial charge in [0.1, 0.15) is 16.4 Å². The van der Waals surface area contributed by atoms with Crippen LogP contribution in [0.2, 0.25) is 0 Å². The lowest BCUT2D eigenvalue weighted by Gasteiger charge is -2.27. The highest BCUT2D eigenvalue weighted by Gasteiger charge is 2.22. The van der Waals surface area contributed by atoms with E-state index in [0.717, 1.165) is 13.1 Å². The SMILES string of the molecule is COc1ccc(OC)c(S(=O)(=O)Nc2ccc(N3CCOCC3)nn2)c1. The molecule has 0 aliphatic carbocycles. The molecule has 0 radical (unpaired) electrons. The van der Waals surface area contributed by atoms with Crippen LogP contribution < -0.4 is 19.1 Å². The molecule has 0 atom stereocenters. The van der Waals surface area contributed by atoms with Crippen molar-refractivity contribution in [1.29, 1.82) is 0 Å². The van der Waals surface area contributed by atoms with E-state index in [4.69, 9.17) is 14.2 Å². The van der Waals surface area contributed by atoms with Crippen molar-refractivity contribution in [2.45, 2.75) is 4.90 Å². The standard InChI is InChI=1S/C16H20N4O5S/c1-23-12-3-4-13(24-2)14(11-12)26(21,22)19-15-5-6-16(18-17-15)20-7-9-25-10-8-20/h3-6,11H,7-10H2,1-2H3,(H,17,19). The Labute approximate surface area is 151 Å². The molecule has 2 heterocycles. The number of rotatable bonds is 6.